The first-order valence-electron chi connectivity index (χ1n) is 7.38. The van der Waals surface area contributed by atoms with E-state index < -0.39 is 7.12 Å². The standard InChI is InChI=1S/C15H24BNO4/c1-20-11-12-4-3-7-17(9-12)10-13-8-14(16(18)19)5-6-15(13)21-2/h5-6,8,12,18-19H,3-4,7,9-11H2,1-2H3. The highest BCUT2D eigenvalue weighted by Crippen LogP contribution is 2.23. The molecule has 1 aromatic rings. The Balaban J connectivity index is 2.08. The molecule has 0 radical (unpaired) electrons. The van der Waals surface area contributed by atoms with Crippen LogP contribution in [0.2, 0.25) is 0 Å². The Labute approximate surface area is 126 Å². The molecule has 1 heterocycles. The maximum Gasteiger partial charge on any atom is 0.488 e. The maximum atomic E-state index is 9.31. The molecular formula is C15H24BNO4. The van der Waals surface area contributed by atoms with Gasteiger partial charge in [0.2, 0.25) is 0 Å². The van der Waals surface area contributed by atoms with Gasteiger partial charge in [0.15, 0.2) is 0 Å². The average molecular weight is 293 g/mol. The third kappa shape index (κ3) is 4.44. The van der Waals surface area contributed by atoms with Gasteiger partial charge in [0.05, 0.1) is 13.7 Å². The summed E-state index contributed by atoms with van der Waals surface area (Å²) in [5, 5.41) is 18.6. The molecule has 1 aromatic carbocycles. The number of nitrogens with zero attached hydrogens (tertiary/aromatic N) is 1. The van der Waals surface area contributed by atoms with Crippen LogP contribution in [0.3, 0.4) is 0 Å². The van der Waals surface area contributed by atoms with E-state index in [-0.39, 0.29) is 0 Å². The van der Waals surface area contributed by atoms with Crippen molar-refractivity contribution in [2.45, 2.75) is 19.4 Å². The first-order valence-corrected chi connectivity index (χ1v) is 7.38. The molecule has 1 saturated heterocycles. The maximum absolute atomic E-state index is 9.31. The minimum atomic E-state index is -1.45. The normalized spacial score (nSPS) is 19.5. The summed E-state index contributed by atoms with van der Waals surface area (Å²) in [6, 6.07) is 5.28. The SMILES string of the molecule is COCC1CCCN(Cc2cc(B(O)O)ccc2OC)C1. The number of hydrogen-bond acceptors (Lipinski definition) is 5. The van der Waals surface area contributed by atoms with E-state index in [2.05, 4.69) is 4.90 Å². The summed E-state index contributed by atoms with van der Waals surface area (Å²) >= 11 is 0. The fourth-order valence-electron chi connectivity index (χ4n) is 2.99. The van der Waals surface area contributed by atoms with Gasteiger partial charge in [0.1, 0.15) is 5.75 Å². The minimum absolute atomic E-state index is 0.497. The number of ether oxygens (including phenoxy) is 2. The number of hydrogen-bond donors (Lipinski definition) is 2. The highest BCUT2D eigenvalue weighted by molar-refractivity contribution is 6.58. The lowest BCUT2D eigenvalue weighted by atomic mass is 9.79. The average Bonchev–Trinajstić information content (AvgIpc) is 2.48. The molecule has 1 fully saturated rings. The van der Waals surface area contributed by atoms with E-state index in [1.165, 1.54) is 12.8 Å². The lowest BCUT2D eigenvalue weighted by Crippen LogP contribution is -2.37. The lowest BCUT2D eigenvalue weighted by molar-refractivity contribution is 0.0870. The van der Waals surface area contributed by atoms with Gasteiger partial charge in [0.25, 0.3) is 0 Å². The zero-order valence-corrected chi connectivity index (χ0v) is 12.8. The van der Waals surface area contributed by atoms with Gasteiger partial charge >= 0.3 is 7.12 Å². The van der Waals surface area contributed by atoms with Crippen LogP contribution in [-0.2, 0) is 11.3 Å². The Morgan fingerprint density at radius 1 is 1.33 bits per heavy atom. The molecule has 2 N–H and O–H groups in total. The van der Waals surface area contributed by atoms with Gasteiger partial charge in [0, 0.05) is 25.8 Å². The van der Waals surface area contributed by atoms with Crippen LogP contribution < -0.4 is 10.2 Å². The number of rotatable bonds is 6. The molecule has 6 heteroatoms. The molecule has 1 unspecified atom stereocenters. The fourth-order valence-corrected chi connectivity index (χ4v) is 2.99. The molecule has 1 aliphatic heterocycles. The van der Waals surface area contributed by atoms with Gasteiger partial charge in [-0.2, -0.15) is 0 Å². The van der Waals surface area contributed by atoms with Crippen molar-refractivity contribution < 1.29 is 19.5 Å². The molecule has 0 aliphatic carbocycles. The summed E-state index contributed by atoms with van der Waals surface area (Å²) in [6.45, 7) is 3.60. The van der Waals surface area contributed by atoms with Crippen LogP contribution in [0.25, 0.3) is 0 Å². The summed E-state index contributed by atoms with van der Waals surface area (Å²) in [7, 11) is 1.93. The zero-order chi connectivity index (χ0) is 15.2. The molecule has 116 valence electrons. The molecule has 21 heavy (non-hydrogen) atoms. The molecular weight excluding hydrogens is 269 g/mol. The van der Waals surface area contributed by atoms with Gasteiger partial charge in [-0.15, -0.1) is 0 Å². The fraction of sp³-hybridized carbons (Fsp3) is 0.600. The van der Waals surface area contributed by atoms with E-state index in [1.54, 1.807) is 26.4 Å². The van der Waals surface area contributed by atoms with Crippen LogP contribution in [0, 0.1) is 5.92 Å². The van der Waals surface area contributed by atoms with E-state index in [4.69, 9.17) is 9.47 Å². The monoisotopic (exact) mass is 293 g/mol. The number of methoxy groups -OCH3 is 2. The second kappa shape index (κ2) is 7.80. The Bertz CT molecular complexity index is 453. The van der Waals surface area contributed by atoms with E-state index >= 15 is 0 Å². The molecule has 1 aliphatic rings. The number of piperidine rings is 1. The highest BCUT2D eigenvalue weighted by atomic mass is 16.5. The summed E-state index contributed by atoms with van der Waals surface area (Å²) in [5.74, 6) is 1.36. The zero-order valence-electron chi connectivity index (χ0n) is 12.8. The lowest BCUT2D eigenvalue weighted by Gasteiger charge is -2.32. The Hall–Kier alpha value is -1.08. The van der Waals surface area contributed by atoms with E-state index in [1.807, 2.05) is 6.07 Å². The van der Waals surface area contributed by atoms with E-state index in [0.29, 0.717) is 11.4 Å². The molecule has 0 bridgehead atoms. The molecule has 0 saturated carbocycles. The van der Waals surface area contributed by atoms with Crippen molar-refractivity contribution in [1.82, 2.24) is 4.90 Å². The summed E-state index contributed by atoms with van der Waals surface area (Å²) in [4.78, 5) is 2.37. The molecule has 0 amide bonds. The largest absolute Gasteiger partial charge is 0.496 e. The van der Waals surface area contributed by atoms with Crippen molar-refractivity contribution >= 4 is 12.6 Å². The molecule has 1 atom stereocenters. The van der Waals surface area contributed by atoms with Crippen LogP contribution in [0.4, 0.5) is 0 Å². The van der Waals surface area contributed by atoms with Gasteiger partial charge in [-0.25, -0.2) is 0 Å². The summed E-state index contributed by atoms with van der Waals surface area (Å²) in [6.07, 6.45) is 2.37. The van der Waals surface area contributed by atoms with Crippen molar-refractivity contribution in [3.05, 3.63) is 23.8 Å². The third-order valence-electron chi connectivity index (χ3n) is 4.00. The van der Waals surface area contributed by atoms with Crippen molar-refractivity contribution in [1.29, 1.82) is 0 Å². The topological polar surface area (TPSA) is 62.2 Å². The minimum Gasteiger partial charge on any atom is -0.496 e. The predicted molar refractivity (Wildman–Crippen MR) is 82.7 cm³/mol. The van der Waals surface area contributed by atoms with E-state index in [0.717, 1.165) is 37.6 Å². The Morgan fingerprint density at radius 2 is 2.14 bits per heavy atom. The second-order valence-corrected chi connectivity index (χ2v) is 5.64. The Kier molecular flexibility index (Phi) is 6.05. The molecule has 2 rings (SSSR count). The summed E-state index contributed by atoms with van der Waals surface area (Å²) in [5.41, 5.74) is 1.48. The van der Waals surface area contributed by atoms with Crippen LogP contribution in [0.15, 0.2) is 18.2 Å². The smallest absolute Gasteiger partial charge is 0.488 e. The van der Waals surface area contributed by atoms with Crippen LogP contribution in [-0.4, -0.2) is 56.0 Å². The van der Waals surface area contributed by atoms with Crippen molar-refractivity contribution in [3.8, 4) is 5.75 Å². The number of likely N-dealkylation sites (tertiary alicyclic amines) is 1. The molecule has 5 nitrogen and oxygen atoms in total. The third-order valence-corrected chi connectivity index (χ3v) is 4.00. The summed E-state index contributed by atoms with van der Waals surface area (Å²) < 4.78 is 10.6. The second-order valence-electron chi connectivity index (χ2n) is 5.64. The van der Waals surface area contributed by atoms with Crippen molar-refractivity contribution in [2.24, 2.45) is 5.92 Å². The predicted octanol–water partition coefficient (Wildman–Crippen LogP) is 0.233. The molecule has 0 aromatic heterocycles. The van der Waals surface area contributed by atoms with Gasteiger partial charge in [-0.1, -0.05) is 12.1 Å². The van der Waals surface area contributed by atoms with Gasteiger partial charge in [-0.3, -0.25) is 4.90 Å². The first-order chi connectivity index (χ1) is 10.1. The van der Waals surface area contributed by atoms with Crippen molar-refractivity contribution in [3.63, 3.8) is 0 Å². The highest BCUT2D eigenvalue weighted by Gasteiger charge is 2.21. The quantitative estimate of drug-likeness (QED) is 0.735. The van der Waals surface area contributed by atoms with Crippen LogP contribution >= 0.6 is 0 Å². The van der Waals surface area contributed by atoms with Gasteiger partial charge < -0.3 is 19.5 Å². The Morgan fingerprint density at radius 3 is 2.81 bits per heavy atom. The van der Waals surface area contributed by atoms with Crippen LogP contribution in [0.1, 0.15) is 18.4 Å². The first kappa shape index (κ1) is 16.3. The number of benzene rings is 1. The van der Waals surface area contributed by atoms with Crippen molar-refractivity contribution in [2.75, 3.05) is 33.9 Å². The molecule has 0 spiro atoms. The van der Waals surface area contributed by atoms with E-state index in [9.17, 15) is 10.0 Å². The van der Waals surface area contributed by atoms with Crippen LogP contribution in [0.5, 0.6) is 5.75 Å². The van der Waals surface area contributed by atoms with Gasteiger partial charge in [-0.05, 0) is 36.8 Å².